The molecule has 0 heterocycles. The van der Waals surface area contributed by atoms with Gasteiger partial charge in [0.15, 0.2) is 0 Å². The Bertz CT molecular complexity index is 903. The number of alkyl halides is 1. The highest BCUT2D eigenvalue weighted by Crippen LogP contribution is 2.54. The molecule has 0 unspecified atom stereocenters. The van der Waals surface area contributed by atoms with Crippen LogP contribution in [0.2, 0.25) is 0 Å². The molecule has 2 atom stereocenters. The van der Waals surface area contributed by atoms with E-state index in [0.717, 1.165) is 30.4 Å². The third-order valence-electron chi connectivity index (χ3n) is 6.44. The van der Waals surface area contributed by atoms with Gasteiger partial charge in [0.2, 0.25) is 5.91 Å². The van der Waals surface area contributed by atoms with E-state index >= 15 is 4.39 Å². The summed E-state index contributed by atoms with van der Waals surface area (Å²) in [6.07, 6.45) is 4.38. The lowest BCUT2D eigenvalue weighted by molar-refractivity contribution is -0.122. The van der Waals surface area contributed by atoms with Crippen molar-refractivity contribution in [2.45, 2.75) is 71.9 Å². The molecule has 0 radical (unpaired) electrons. The molecule has 1 fully saturated rings. The summed E-state index contributed by atoms with van der Waals surface area (Å²) in [6.45, 7) is 11.4. The molecule has 5 nitrogen and oxygen atoms in total. The molecule has 1 saturated carbocycles. The third-order valence-corrected chi connectivity index (χ3v) is 6.44. The lowest BCUT2D eigenvalue weighted by atomic mass is 9.80. The van der Waals surface area contributed by atoms with Crippen molar-refractivity contribution in [1.82, 2.24) is 10.6 Å². The fourth-order valence-corrected chi connectivity index (χ4v) is 4.87. The summed E-state index contributed by atoms with van der Waals surface area (Å²) in [4.78, 5) is 28.1. The fraction of sp³-hybridized carbons (Fsp3) is 0.500. The van der Waals surface area contributed by atoms with Crippen LogP contribution in [0, 0.1) is 17.2 Å². The molecule has 206 valence electrons. The molecule has 0 spiro atoms. The van der Waals surface area contributed by atoms with Gasteiger partial charge >= 0.3 is 0 Å². The highest BCUT2D eigenvalue weighted by Gasteiger charge is 2.50. The van der Waals surface area contributed by atoms with E-state index in [1.807, 2.05) is 83.0 Å². The zero-order chi connectivity index (χ0) is 28.4. The molecule has 37 heavy (non-hydrogen) atoms. The average molecular weight is 519 g/mol. The molecule has 2 aromatic carbocycles. The first-order valence-corrected chi connectivity index (χ1v) is 12.7. The van der Waals surface area contributed by atoms with Crippen LogP contribution in [0.15, 0.2) is 48.5 Å². The van der Waals surface area contributed by atoms with Crippen molar-refractivity contribution in [2.75, 3.05) is 13.7 Å². The fourth-order valence-electron chi connectivity index (χ4n) is 4.87. The zero-order valence-electron chi connectivity index (χ0n) is 23.0. The first kappa shape index (κ1) is 34.1. The number of rotatable bonds is 10. The second-order valence-corrected chi connectivity index (χ2v) is 9.44. The van der Waals surface area contributed by atoms with Gasteiger partial charge < -0.3 is 20.2 Å². The summed E-state index contributed by atoms with van der Waals surface area (Å²) < 4.78 is 25.6. The monoisotopic (exact) mass is 518 g/mol. The van der Waals surface area contributed by atoms with Gasteiger partial charge in [-0.1, -0.05) is 55.5 Å². The van der Waals surface area contributed by atoms with Crippen molar-refractivity contribution >= 4 is 19.5 Å². The van der Waals surface area contributed by atoms with E-state index in [4.69, 9.17) is 9.59 Å². The Kier molecular flexibility index (Phi) is 16.9. The highest BCUT2D eigenvalue weighted by molar-refractivity contribution is 5.76. The molecular formula is C30H44F2N2O3. The lowest BCUT2D eigenvalue weighted by Gasteiger charge is -2.32. The molecule has 2 N–H and O–H groups in total. The molecule has 7 heteroatoms. The predicted octanol–water partition coefficient (Wildman–Crippen LogP) is 5.95. The molecule has 3 rings (SSSR count). The summed E-state index contributed by atoms with van der Waals surface area (Å²) in [6, 6.07) is 15.9. The Labute approximate surface area is 221 Å². The highest BCUT2D eigenvalue weighted by atomic mass is 19.1. The Morgan fingerprint density at radius 3 is 2.05 bits per heavy atom. The Morgan fingerprint density at radius 1 is 1.00 bits per heavy atom. The molecule has 0 saturated heterocycles. The molecule has 0 aromatic heterocycles. The zero-order valence-corrected chi connectivity index (χ0v) is 23.0. The van der Waals surface area contributed by atoms with Gasteiger partial charge in [-0.3, -0.25) is 9.18 Å². The number of carbonyl (C=O) groups is 3. The number of halogens is 2. The van der Waals surface area contributed by atoms with Crippen LogP contribution in [0.3, 0.4) is 0 Å². The summed E-state index contributed by atoms with van der Waals surface area (Å²) in [7, 11) is 1.99. The van der Waals surface area contributed by atoms with Gasteiger partial charge in [-0.15, -0.1) is 0 Å². The maximum atomic E-state index is 15.3. The number of amides is 1. The van der Waals surface area contributed by atoms with E-state index in [2.05, 4.69) is 17.6 Å². The Balaban J connectivity index is 0.00000169. The smallest absolute Gasteiger partial charge is 0.220 e. The van der Waals surface area contributed by atoms with E-state index in [0.29, 0.717) is 18.4 Å². The van der Waals surface area contributed by atoms with Crippen molar-refractivity contribution in [3.8, 4) is 11.1 Å². The summed E-state index contributed by atoms with van der Waals surface area (Å²) in [5.41, 5.74) is 2.48. The molecule has 2 aromatic rings. The second kappa shape index (κ2) is 18.3. The molecular weight excluding hydrogens is 474 g/mol. The van der Waals surface area contributed by atoms with Crippen LogP contribution in [0.1, 0.15) is 58.9 Å². The Hall–Kier alpha value is -2.93. The lowest BCUT2D eigenvalue weighted by Crippen LogP contribution is -2.42. The largest absolute Gasteiger partial charge is 0.354 e. The van der Waals surface area contributed by atoms with Crippen LogP contribution < -0.4 is 10.6 Å². The van der Waals surface area contributed by atoms with Crippen LogP contribution in [0.5, 0.6) is 0 Å². The Morgan fingerprint density at radius 2 is 1.57 bits per heavy atom. The molecule has 1 aliphatic carbocycles. The van der Waals surface area contributed by atoms with Gasteiger partial charge in [-0.2, -0.15) is 0 Å². The summed E-state index contributed by atoms with van der Waals surface area (Å²) >= 11 is 0. The maximum absolute atomic E-state index is 15.3. The van der Waals surface area contributed by atoms with Crippen molar-refractivity contribution in [3.05, 3.63) is 59.9 Å². The normalized spacial score (nSPS) is 14.4. The van der Waals surface area contributed by atoms with Crippen LogP contribution >= 0.6 is 0 Å². The van der Waals surface area contributed by atoms with E-state index in [9.17, 15) is 9.18 Å². The van der Waals surface area contributed by atoms with E-state index in [1.54, 1.807) is 0 Å². The molecule has 0 aliphatic heterocycles. The average Bonchev–Trinajstić information content (AvgIpc) is 3.68. The minimum atomic E-state index is -0.250. The van der Waals surface area contributed by atoms with Gasteiger partial charge in [0.05, 0.1) is 6.67 Å². The van der Waals surface area contributed by atoms with E-state index < -0.39 is 0 Å². The summed E-state index contributed by atoms with van der Waals surface area (Å²) in [5.74, 6) is 0.276. The van der Waals surface area contributed by atoms with Crippen LogP contribution in [0.25, 0.3) is 11.1 Å². The maximum Gasteiger partial charge on any atom is 0.220 e. The van der Waals surface area contributed by atoms with Crippen molar-refractivity contribution in [3.63, 3.8) is 0 Å². The van der Waals surface area contributed by atoms with Crippen molar-refractivity contribution in [1.29, 1.82) is 0 Å². The minimum absolute atomic E-state index is 0.119. The summed E-state index contributed by atoms with van der Waals surface area (Å²) in [5, 5.41) is 6.49. The quantitative estimate of drug-likeness (QED) is 0.408. The molecule has 1 amide bonds. The topological polar surface area (TPSA) is 75.3 Å². The third kappa shape index (κ3) is 10.9. The minimum Gasteiger partial charge on any atom is -0.354 e. The van der Waals surface area contributed by atoms with Crippen molar-refractivity contribution < 1.29 is 23.2 Å². The first-order valence-electron chi connectivity index (χ1n) is 12.7. The van der Waals surface area contributed by atoms with Crippen LogP contribution in [-0.2, 0) is 20.8 Å². The molecule has 0 bridgehead atoms. The van der Waals surface area contributed by atoms with Crippen LogP contribution in [0.4, 0.5) is 8.78 Å². The van der Waals surface area contributed by atoms with Gasteiger partial charge in [0.25, 0.3) is 0 Å². The van der Waals surface area contributed by atoms with Crippen LogP contribution in [-0.4, -0.2) is 45.3 Å². The number of benzene rings is 2. The van der Waals surface area contributed by atoms with Crippen molar-refractivity contribution in [2.24, 2.45) is 11.3 Å². The predicted molar refractivity (Wildman–Crippen MR) is 148 cm³/mol. The van der Waals surface area contributed by atoms with Gasteiger partial charge in [-0.25, -0.2) is 4.39 Å². The standard InChI is InChI=1S/C26H35FN2O.C2H5F.2CH2O/c1-18(2)29-23(30)13-14-26(15-16-26)25(28-4)19(3)17-21-11-8-12-22(24(21)27)20-9-6-5-7-10-20;1-2-3;2*1-2/h5-12,18-19,25,28H,13-17H2,1-4H3,(H,29,30);2H2,1H3;2*1H2/t19-,25+;;;/m0.../s1. The van der Waals surface area contributed by atoms with Gasteiger partial charge in [-0.05, 0) is 76.0 Å². The molecule has 1 aliphatic rings. The van der Waals surface area contributed by atoms with Gasteiger partial charge in [0, 0.05) is 24.1 Å². The number of hydrogen-bond acceptors (Lipinski definition) is 4. The number of nitrogens with one attached hydrogen (secondary N) is 2. The van der Waals surface area contributed by atoms with E-state index in [1.165, 1.54) is 6.92 Å². The second-order valence-electron chi connectivity index (χ2n) is 9.44. The number of carbonyl (C=O) groups excluding carboxylic acids is 3. The SMILES string of the molecule is C=O.C=O.CCF.CN[C@H]([C@@H](C)Cc1cccc(-c2ccccc2)c1F)C1(CCC(=O)NC(C)C)CC1. The first-order chi connectivity index (χ1) is 17.8. The van der Waals surface area contributed by atoms with E-state index in [-0.39, 0.29) is 41.8 Å². The number of hydrogen-bond donors (Lipinski definition) is 2. The van der Waals surface area contributed by atoms with Gasteiger partial charge in [0.1, 0.15) is 19.4 Å².